The molecule has 13 heavy (non-hydrogen) atoms. The molecule has 2 nitrogen and oxygen atoms in total. The Morgan fingerprint density at radius 1 is 1.38 bits per heavy atom. The van der Waals surface area contributed by atoms with Gasteiger partial charge in [-0.2, -0.15) is 0 Å². The van der Waals surface area contributed by atoms with Gasteiger partial charge in [-0.15, -0.1) is 0 Å². The molecule has 2 N–H and O–H groups in total. The molecule has 2 rings (SSSR count). The first-order valence-corrected chi connectivity index (χ1v) is 5.58. The maximum atomic E-state index is 6.07. The fraction of sp³-hybridized carbons (Fsp3) is 1.00. The molecule has 1 heterocycles. The lowest BCUT2D eigenvalue weighted by Gasteiger charge is -2.43. The van der Waals surface area contributed by atoms with Crippen LogP contribution in [-0.2, 0) is 4.74 Å². The zero-order chi connectivity index (χ0) is 9.31. The van der Waals surface area contributed by atoms with Crippen molar-refractivity contribution in [2.45, 2.75) is 45.1 Å². The van der Waals surface area contributed by atoms with Gasteiger partial charge in [0.05, 0.1) is 6.61 Å². The second kappa shape index (κ2) is 3.58. The van der Waals surface area contributed by atoms with Gasteiger partial charge in [0.2, 0.25) is 0 Å². The average molecular weight is 183 g/mol. The normalized spacial score (nSPS) is 35.1. The van der Waals surface area contributed by atoms with Crippen LogP contribution < -0.4 is 5.73 Å². The molecule has 0 aromatic carbocycles. The lowest BCUT2D eigenvalue weighted by atomic mass is 9.69. The molecule has 1 saturated heterocycles. The van der Waals surface area contributed by atoms with Crippen LogP contribution in [0.5, 0.6) is 0 Å². The Labute approximate surface area is 80.8 Å². The molecule has 1 saturated carbocycles. The summed E-state index contributed by atoms with van der Waals surface area (Å²) in [5.74, 6) is 0.712. The van der Waals surface area contributed by atoms with Gasteiger partial charge in [0.25, 0.3) is 0 Å². The van der Waals surface area contributed by atoms with Crippen molar-refractivity contribution < 1.29 is 4.74 Å². The third-order valence-corrected chi connectivity index (χ3v) is 3.98. The molecule has 0 aromatic rings. The highest BCUT2D eigenvalue weighted by Gasteiger charge is 2.44. The van der Waals surface area contributed by atoms with Crippen LogP contribution in [0, 0.1) is 11.3 Å². The van der Waals surface area contributed by atoms with Crippen molar-refractivity contribution in [3.05, 3.63) is 0 Å². The zero-order valence-electron chi connectivity index (χ0n) is 8.59. The molecular formula is C11H21NO. The summed E-state index contributed by atoms with van der Waals surface area (Å²) in [4.78, 5) is 0. The van der Waals surface area contributed by atoms with Crippen molar-refractivity contribution in [2.75, 3.05) is 13.2 Å². The summed E-state index contributed by atoms with van der Waals surface area (Å²) in [5.41, 5.74) is 6.53. The Hall–Kier alpha value is -0.0800. The van der Waals surface area contributed by atoms with Crippen LogP contribution in [0.15, 0.2) is 0 Å². The highest BCUT2D eigenvalue weighted by molar-refractivity contribution is 4.95. The third-order valence-electron chi connectivity index (χ3n) is 3.98. The molecule has 2 unspecified atom stereocenters. The molecule has 1 aliphatic carbocycles. The smallest absolute Gasteiger partial charge is 0.0525 e. The summed E-state index contributed by atoms with van der Waals surface area (Å²) >= 11 is 0. The summed E-state index contributed by atoms with van der Waals surface area (Å²) in [7, 11) is 0. The molecule has 1 aliphatic heterocycles. The molecule has 76 valence electrons. The minimum atomic E-state index is 0.349. The van der Waals surface area contributed by atoms with E-state index < -0.39 is 0 Å². The van der Waals surface area contributed by atoms with Crippen molar-refractivity contribution in [3.63, 3.8) is 0 Å². The van der Waals surface area contributed by atoms with Crippen molar-refractivity contribution in [1.29, 1.82) is 0 Å². The van der Waals surface area contributed by atoms with Crippen LogP contribution in [0.2, 0.25) is 0 Å². The Balaban J connectivity index is 2.12. The van der Waals surface area contributed by atoms with Crippen LogP contribution in [0.3, 0.4) is 0 Å². The molecule has 0 radical (unpaired) electrons. The molecule has 2 aliphatic rings. The van der Waals surface area contributed by atoms with Gasteiger partial charge in [0, 0.05) is 12.6 Å². The quantitative estimate of drug-likeness (QED) is 0.674. The Bertz CT molecular complexity index is 173. The molecule has 0 bridgehead atoms. The predicted octanol–water partition coefficient (Wildman–Crippen LogP) is 1.93. The second-order valence-electron chi connectivity index (χ2n) is 4.88. The first-order chi connectivity index (χ1) is 6.25. The van der Waals surface area contributed by atoms with E-state index in [0.717, 1.165) is 13.2 Å². The average Bonchev–Trinajstić information content (AvgIpc) is 2.54. The van der Waals surface area contributed by atoms with Gasteiger partial charge in [0.15, 0.2) is 0 Å². The van der Waals surface area contributed by atoms with Gasteiger partial charge in [0.1, 0.15) is 0 Å². The Morgan fingerprint density at radius 3 is 2.69 bits per heavy atom. The van der Waals surface area contributed by atoms with Crippen LogP contribution in [0.1, 0.15) is 39.0 Å². The van der Waals surface area contributed by atoms with E-state index in [1.165, 1.54) is 32.1 Å². The van der Waals surface area contributed by atoms with Crippen LogP contribution in [-0.4, -0.2) is 19.3 Å². The molecule has 0 amide bonds. The summed E-state index contributed by atoms with van der Waals surface area (Å²) in [5, 5.41) is 0. The van der Waals surface area contributed by atoms with Crippen LogP contribution >= 0.6 is 0 Å². The van der Waals surface area contributed by atoms with Crippen molar-refractivity contribution in [3.8, 4) is 0 Å². The fourth-order valence-electron chi connectivity index (χ4n) is 3.31. The number of nitrogens with two attached hydrogens (primary N) is 1. The van der Waals surface area contributed by atoms with E-state index >= 15 is 0 Å². The van der Waals surface area contributed by atoms with Gasteiger partial charge in [-0.05, 0) is 37.5 Å². The van der Waals surface area contributed by atoms with Crippen molar-refractivity contribution in [1.82, 2.24) is 0 Å². The first kappa shape index (κ1) is 9.47. The van der Waals surface area contributed by atoms with E-state index in [0.29, 0.717) is 17.4 Å². The fourth-order valence-corrected chi connectivity index (χ4v) is 3.31. The zero-order valence-corrected chi connectivity index (χ0v) is 8.59. The van der Waals surface area contributed by atoms with E-state index in [9.17, 15) is 0 Å². The number of hydrogen-bond donors (Lipinski definition) is 1. The van der Waals surface area contributed by atoms with Crippen molar-refractivity contribution in [2.24, 2.45) is 17.1 Å². The topological polar surface area (TPSA) is 35.2 Å². The predicted molar refractivity (Wildman–Crippen MR) is 53.5 cm³/mol. The highest BCUT2D eigenvalue weighted by atomic mass is 16.5. The maximum Gasteiger partial charge on any atom is 0.0525 e. The van der Waals surface area contributed by atoms with Gasteiger partial charge in [-0.25, -0.2) is 0 Å². The molecule has 0 aromatic heterocycles. The summed E-state index contributed by atoms with van der Waals surface area (Å²) in [6, 6.07) is 0.349. The van der Waals surface area contributed by atoms with E-state index in [1.54, 1.807) is 0 Å². The minimum absolute atomic E-state index is 0.349. The monoisotopic (exact) mass is 183 g/mol. The molecular weight excluding hydrogens is 162 g/mol. The van der Waals surface area contributed by atoms with Crippen LogP contribution in [0.25, 0.3) is 0 Å². The largest absolute Gasteiger partial charge is 0.381 e. The van der Waals surface area contributed by atoms with Gasteiger partial charge < -0.3 is 10.5 Å². The second-order valence-corrected chi connectivity index (χ2v) is 4.88. The van der Waals surface area contributed by atoms with Crippen LogP contribution in [0.4, 0.5) is 0 Å². The van der Waals surface area contributed by atoms with Gasteiger partial charge in [-0.1, -0.05) is 12.8 Å². The van der Waals surface area contributed by atoms with Gasteiger partial charge >= 0.3 is 0 Å². The van der Waals surface area contributed by atoms with E-state index in [2.05, 4.69) is 6.92 Å². The summed E-state index contributed by atoms with van der Waals surface area (Å²) in [6.07, 6.45) is 6.63. The maximum absolute atomic E-state index is 6.07. The molecule has 1 spiro atoms. The molecule has 2 atom stereocenters. The summed E-state index contributed by atoms with van der Waals surface area (Å²) in [6.45, 7) is 4.06. The van der Waals surface area contributed by atoms with E-state index in [1.807, 2.05) is 0 Å². The number of ether oxygens (including phenoxy) is 1. The highest BCUT2D eigenvalue weighted by Crippen LogP contribution is 2.48. The van der Waals surface area contributed by atoms with Crippen molar-refractivity contribution >= 4 is 0 Å². The molecule has 2 fully saturated rings. The lowest BCUT2D eigenvalue weighted by Crippen LogP contribution is -2.46. The third kappa shape index (κ3) is 1.62. The van der Waals surface area contributed by atoms with E-state index in [-0.39, 0.29) is 0 Å². The Morgan fingerprint density at radius 2 is 2.08 bits per heavy atom. The standard InChI is InChI=1S/C11H21NO/c1-9(12)10-4-7-13-8-11(10)5-2-3-6-11/h9-10H,2-8,12H2,1H3. The van der Waals surface area contributed by atoms with E-state index in [4.69, 9.17) is 10.5 Å². The Kier molecular flexibility index (Phi) is 2.61. The lowest BCUT2D eigenvalue weighted by molar-refractivity contribution is -0.0553. The summed E-state index contributed by atoms with van der Waals surface area (Å²) < 4.78 is 5.63. The minimum Gasteiger partial charge on any atom is -0.381 e. The molecule has 2 heteroatoms. The first-order valence-electron chi connectivity index (χ1n) is 5.58. The number of hydrogen-bond acceptors (Lipinski definition) is 2. The van der Waals surface area contributed by atoms with Gasteiger partial charge in [-0.3, -0.25) is 0 Å². The SMILES string of the molecule is CC(N)C1CCOCC12CCCC2. The number of rotatable bonds is 1.